The summed E-state index contributed by atoms with van der Waals surface area (Å²) in [5.41, 5.74) is 9.48. The molecule has 1 fully saturated rings. The first-order chi connectivity index (χ1) is 12.7. The van der Waals surface area contributed by atoms with Gasteiger partial charge in [0.1, 0.15) is 5.82 Å². The van der Waals surface area contributed by atoms with Crippen molar-refractivity contribution in [2.45, 2.75) is 19.9 Å². The van der Waals surface area contributed by atoms with Crippen LogP contribution in [0.15, 0.2) is 47.5 Å². The Hall–Kier alpha value is -1.87. The first kappa shape index (κ1) is 21.4. The summed E-state index contributed by atoms with van der Waals surface area (Å²) in [7, 11) is 0. The average molecular weight is 484 g/mol. The highest BCUT2D eigenvalue weighted by atomic mass is 127. The second kappa shape index (κ2) is 10.5. The average Bonchev–Trinajstić information content (AvgIpc) is 2.67. The summed E-state index contributed by atoms with van der Waals surface area (Å²) < 4.78 is 19.7. The summed E-state index contributed by atoms with van der Waals surface area (Å²) in [5.74, 6) is 0.0812. The van der Waals surface area contributed by atoms with Gasteiger partial charge in [-0.05, 0) is 41.8 Å². The van der Waals surface area contributed by atoms with Crippen LogP contribution >= 0.6 is 24.0 Å². The first-order valence-electron chi connectivity index (χ1n) is 8.92. The minimum absolute atomic E-state index is 0. The lowest BCUT2D eigenvalue weighted by Crippen LogP contribution is -2.36. The molecule has 1 aliphatic rings. The van der Waals surface area contributed by atoms with Crippen molar-refractivity contribution >= 4 is 41.3 Å². The monoisotopic (exact) mass is 484 g/mol. The normalized spacial score (nSPS) is 14.6. The molecule has 7 heteroatoms. The van der Waals surface area contributed by atoms with E-state index in [-0.39, 0.29) is 29.8 Å². The summed E-state index contributed by atoms with van der Waals surface area (Å²) >= 11 is 0. The molecule has 0 atom stereocenters. The molecule has 0 aromatic heterocycles. The topological polar surface area (TPSA) is 62.9 Å². The van der Waals surface area contributed by atoms with E-state index in [2.05, 4.69) is 23.3 Å². The van der Waals surface area contributed by atoms with Gasteiger partial charge in [0.25, 0.3) is 0 Å². The number of morpholine rings is 1. The number of anilines is 2. The summed E-state index contributed by atoms with van der Waals surface area (Å²) in [6.07, 6.45) is 0.960. The van der Waals surface area contributed by atoms with Crippen LogP contribution in [0.2, 0.25) is 0 Å². The van der Waals surface area contributed by atoms with Gasteiger partial charge in [0.05, 0.1) is 25.4 Å². The Balaban J connectivity index is 0.00000261. The van der Waals surface area contributed by atoms with Crippen LogP contribution in [0.4, 0.5) is 15.8 Å². The van der Waals surface area contributed by atoms with Crippen LogP contribution in [-0.4, -0.2) is 32.3 Å². The molecule has 0 saturated carbocycles. The van der Waals surface area contributed by atoms with Gasteiger partial charge in [-0.25, -0.2) is 9.38 Å². The fourth-order valence-electron chi connectivity index (χ4n) is 2.94. The number of benzene rings is 2. The van der Waals surface area contributed by atoms with E-state index in [0.717, 1.165) is 17.7 Å². The molecule has 1 aliphatic heterocycles. The van der Waals surface area contributed by atoms with Crippen LogP contribution in [0.5, 0.6) is 0 Å². The predicted molar refractivity (Wildman–Crippen MR) is 120 cm³/mol. The maximum absolute atomic E-state index is 14.4. The van der Waals surface area contributed by atoms with Crippen molar-refractivity contribution in [1.29, 1.82) is 0 Å². The van der Waals surface area contributed by atoms with Crippen LogP contribution in [0.3, 0.4) is 0 Å². The lowest BCUT2D eigenvalue weighted by molar-refractivity contribution is 0.122. The Kier molecular flexibility index (Phi) is 8.30. The number of hydrogen-bond acceptors (Lipinski definition) is 3. The lowest BCUT2D eigenvalue weighted by Gasteiger charge is -2.29. The van der Waals surface area contributed by atoms with Gasteiger partial charge in [-0.1, -0.05) is 25.1 Å². The van der Waals surface area contributed by atoms with Crippen molar-refractivity contribution in [2.24, 2.45) is 10.7 Å². The van der Waals surface area contributed by atoms with Crippen molar-refractivity contribution < 1.29 is 9.13 Å². The van der Waals surface area contributed by atoms with E-state index in [1.807, 2.05) is 29.2 Å². The number of nitrogens with one attached hydrogen (secondary N) is 1. The fraction of sp³-hybridized carbons (Fsp3) is 0.350. The zero-order valence-corrected chi connectivity index (χ0v) is 17.8. The van der Waals surface area contributed by atoms with E-state index in [4.69, 9.17) is 10.5 Å². The van der Waals surface area contributed by atoms with Gasteiger partial charge in [0.15, 0.2) is 5.96 Å². The minimum Gasteiger partial charge on any atom is -0.378 e. The third-order valence-corrected chi connectivity index (χ3v) is 4.40. The predicted octanol–water partition coefficient (Wildman–Crippen LogP) is 3.77. The first-order valence-corrected chi connectivity index (χ1v) is 8.92. The van der Waals surface area contributed by atoms with E-state index < -0.39 is 0 Å². The van der Waals surface area contributed by atoms with Gasteiger partial charge in [0, 0.05) is 18.8 Å². The number of guanidine groups is 1. The van der Waals surface area contributed by atoms with Crippen molar-refractivity contribution in [3.05, 3.63) is 59.4 Å². The number of nitrogens with two attached hydrogens (primary N) is 1. The molecule has 2 aromatic rings. The number of ether oxygens (including phenoxy) is 1. The Labute approximate surface area is 176 Å². The number of rotatable bonds is 5. The van der Waals surface area contributed by atoms with Crippen molar-refractivity contribution in [2.75, 3.05) is 36.5 Å². The van der Waals surface area contributed by atoms with Crippen molar-refractivity contribution in [3.8, 4) is 0 Å². The lowest BCUT2D eigenvalue weighted by atomic mass is 10.1. The molecular formula is C20H26FIN4O. The third-order valence-electron chi connectivity index (χ3n) is 4.40. The molecule has 0 radical (unpaired) electrons. The van der Waals surface area contributed by atoms with E-state index in [0.29, 0.717) is 44.5 Å². The molecule has 0 bridgehead atoms. The van der Waals surface area contributed by atoms with Crippen LogP contribution in [0.1, 0.15) is 18.1 Å². The van der Waals surface area contributed by atoms with Gasteiger partial charge in [-0.2, -0.15) is 0 Å². The van der Waals surface area contributed by atoms with Crippen LogP contribution in [0, 0.1) is 5.82 Å². The molecule has 27 heavy (non-hydrogen) atoms. The smallest absolute Gasteiger partial charge is 0.193 e. The van der Waals surface area contributed by atoms with E-state index in [9.17, 15) is 4.39 Å². The Morgan fingerprint density at radius 1 is 1.19 bits per heavy atom. The molecule has 1 heterocycles. The summed E-state index contributed by atoms with van der Waals surface area (Å²) in [5, 5.41) is 3.08. The second-order valence-corrected chi connectivity index (χ2v) is 6.27. The van der Waals surface area contributed by atoms with Gasteiger partial charge in [-0.3, -0.25) is 0 Å². The van der Waals surface area contributed by atoms with Crippen LogP contribution in [0.25, 0.3) is 0 Å². The molecule has 0 spiro atoms. The van der Waals surface area contributed by atoms with Gasteiger partial charge < -0.3 is 20.7 Å². The quantitative estimate of drug-likeness (QED) is 0.386. The molecule has 2 aromatic carbocycles. The van der Waals surface area contributed by atoms with Gasteiger partial charge in [-0.15, -0.1) is 24.0 Å². The highest BCUT2D eigenvalue weighted by molar-refractivity contribution is 14.0. The summed E-state index contributed by atoms with van der Waals surface area (Å²) in [6, 6.07) is 13.3. The fourth-order valence-corrected chi connectivity index (χ4v) is 2.94. The van der Waals surface area contributed by atoms with E-state index in [1.165, 1.54) is 11.6 Å². The summed E-state index contributed by atoms with van der Waals surface area (Å²) in [4.78, 5) is 6.31. The maximum Gasteiger partial charge on any atom is 0.193 e. The zero-order valence-electron chi connectivity index (χ0n) is 15.5. The third kappa shape index (κ3) is 6.07. The van der Waals surface area contributed by atoms with Crippen LogP contribution < -0.4 is 16.0 Å². The SMILES string of the molecule is CCc1cccc(NC(N)=NCc2ccc(N3CCOCC3)c(F)c2)c1.I. The number of aryl methyl sites for hydroxylation is 1. The number of halogens is 2. The molecule has 5 nitrogen and oxygen atoms in total. The highest BCUT2D eigenvalue weighted by Gasteiger charge is 2.15. The number of hydrogen-bond donors (Lipinski definition) is 2. The van der Waals surface area contributed by atoms with Crippen LogP contribution in [-0.2, 0) is 17.7 Å². The molecule has 0 unspecified atom stereocenters. The largest absolute Gasteiger partial charge is 0.378 e. The molecule has 3 rings (SSSR count). The molecule has 146 valence electrons. The maximum atomic E-state index is 14.4. The summed E-state index contributed by atoms with van der Waals surface area (Å²) in [6.45, 7) is 5.11. The van der Waals surface area contributed by atoms with Gasteiger partial charge in [0.2, 0.25) is 0 Å². The van der Waals surface area contributed by atoms with E-state index in [1.54, 1.807) is 6.07 Å². The Morgan fingerprint density at radius 3 is 2.67 bits per heavy atom. The zero-order chi connectivity index (χ0) is 18.4. The Morgan fingerprint density at radius 2 is 1.96 bits per heavy atom. The molecule has 0 amide bonds. The minimum atomic E-state index is -0.234. The molecule has 3 N–H and O–H groups in total. The number of nitrogens with zero attached hydrogens (tertiary/aromatic N) is 2. The van der Waals surface area contributed by atoms with E-state index >= 15 is 0 Å². The molecular weight excluding hydrogens is 458 g/mol. The second-order valence-electron chi connectivity index (χ2n) is 6.27. The Bertz CT molecular complexity index is 778. The highest BCUT2D eigenvalue weighted by Crippen LogP contribution is 2.22. The molecule has 1 saturated heterocycles. The van der Waals surface area contributed by atoms with Crippen molar-refractivity contribution in [3.63, 3.8) is 0 Å². The van der Waals surface area contributed by atoms with Crippen molar-refractivity contribution in [1.82, 2.24) is 0 Å². The molecule has 0 aliphatic carbocycles. The van der Waals surface area contributed by atoms with Gasteiger partial charge >= 0.3 is 0 Å². The standard InChI is InChI=1S/C20H25FN4O.HI/c1-2-15-4-3-5-17(12-15)24-20(22)23-14-16-6-7-19(18(21)13-16)25-8-10-26-11-9-25;/h3-7,12-13H,2,8-11,14H2,1H3,(H3,22,23,24);1H. The number of aliphatic imine (C=N–C) groups is 1.